The molecule has 6 nitrogen and oxygen atoms in total. The van der Waals surface area contributed by atoms with Gasteiger partial charge >= 0.3 is 0 Å². The van der Waals surface area contributed by atoms with E-state index < -0.39 is 0 Å². The van der Waals surface area contributed by atoms with Crippen LogP contribution < -0.4 is 16.4 Å². The van der Waals surface area contributed by atoms with Crippen LogP contribution in [0.3, 0.4) is 0 Å². The Balaban J connectivity index is 1.90. The van der Waals surface area contributed by atoms with Gasteiger partial charge in [-0.2, -0.15) is 0 Å². The van der Waals surface area contributed by atoms with E-state index in [2.05, 4.69) is 22.5 Å². The molecule has 4 N–H and O–H groups in total. The van der Waals surface area contributed by atoms with Gasteiger partial charge in [-0.1, -0.05) is 18.3 Å². The molecule has 0 bridgehead atoms. The van der Waals surface area contributed by atoms with Crippen LogP contribution in [0.25, 0.3) is 0 Å². The van der Waals surface area contributed by atoms with Crippen molar-refractivity contribution >= 4 is 28.2 Å². The molecule has 0 aromatic carbocycles. The number of nitrogens with zero attached hydrogens (tertiary/aromatic N) is 1. The molecule has 0 atom stereocenters. The zero-order valence-electron chi connectivity index (χ0n) is 11.2. The Labute approximate surface area is 116 Å². The van der Waals surface area contributed by atoms with Crippen molar-refractivity contribution in [3.05, 3.63) is 4.88 Å². The number of nitrogens with one attached hydrogen (secondary N) is 2. The number of thiazole rings is 1. The van der Waals surface area contributed by atoms with Gasteiger partial charge in [-0.25, -0.2) is 4.98 Å². The molecular formula is C12H20N4O2S. The number of ether oxygens (including phenoxy) is 1. The van der Waals surface area contributed by atoms with Gasteiger partial charge in [0.05, 0.1) is 6.10 Å². The van der Waals surface area contributed by atoms with Gasteiger partial charge in [-0.3, -0.25) is 4.79 Å². The predicted molar refractivity (Wildman–Crippen MR) is 76.6 cm³/mol. The number of nitrogens with two attached hydrogens (primary N) is 1. The minimum Gasteiger partial charge on any atom is -0.382 e. The maximum Gasteiger partial charge on any atom is 0.265 e. The fourth-order valence-electron chi connectivity index (χ4n) is 1.93. The first-order valence-corrected chi connectivity index (χ1v) is 7.29. The molecule has 1 aliphatic carbocycles. The van der Waals surface area contributed by atoms with Gasteiger partial charge in [0.25, 0.3) is 5.91 Å². The quantitative estimate of drug-likeness (QED) is 0.736. The summed E-state index contributed by atoms with van der Waals surface area (Å²) in [7, 11) is 1.69. The van der Waals surface area contributed by atoms with Crippen LogP contribution in [0.2, 0.25) is 0 Å². The Hall–Kier alpha value is -1.34. The molecule has 0 saturated heterocycles. The second-order valence-electron chi connectivity index (χ2n) is 4.66. The summed E-state index contributed by atoms with van der Waals surface area (Å²) in [6, 6.07) is 0.186. The third-order valence-electron chi connectivity index (χ3n) is 3.15. The van der Waals surface area contributed by atoms with E-state index in [0.717, 1.165) is 25.8 Å². The standard InChI is InChI=1S/C12H20N4O2S/c1-3-4-14-12-16-10(13)9(19-12)11(17)15-7-5-8(6-7)18-2/h7-8H,3-6,13H2,1-2H3,(H,14,16)(H,15,17). The average molecular weight is 284 g/mol. The zero-order valence-corrected chi connectivity index (χ0v) is 12.0. The number of carbonyl (C=O) groups is 1. The van der Waals surface area contributed by atoms with Crippen LogP contribution in [0.15, 0.2) is 0 Å². The van der Waals surface area contributed by atoms with E-state index in [1.165, 1.54) is 11.3 Å². The van der Waals surface area contributed by atoms with Crippen molar-refractivity contribution in [2.45, 2.75) is 38.3 Å². The third-order valence-corrected chi connectivity index (χ3v) is 4.18. The molecule has 0 unspecified atom stereocenters. The fraction of sp³-hybridized carbons (Fsp3) is 0.667. The van der Waals surface area contributed by atoms with Gasteiger partial charge in [-0.15, -0.1) is 0 Å². The third kappa shape index (κ3) is 3.36. The number of nitrogen functional groups attached to an aromatic ring is 1. The van der Waals surface area contributed by atoms with Crippen molar-refractivity contribution in [2.24, 2.45) is 0 Å². The molecular weight excluding hydrogens is 264 g/mol. The van der Waals surface area contributed by atoms with Gasteiger partial charge < -0.3 is 21.1 Å². The number of carbonyl (C=O) groups excluding carboxylic acids is 1. The summed E-state index contributed by atoms with van der Waals surface area (Å²) >= 11 is 1.30. The maximum absolute atomic E-state index is 12.1. The summed E-state index contributed by atoms with van der Waals surface area (Å²) in [5.41, 5.74) is 5.78. The van der Waals surface area contributed by atoms with Crippen LogP contribution in [-0.4, -0.2) is 36.7 Å². The van der Waals surface area contributed by atoms with Crippen molar-refractivity contribution in [3.63, 3.8) is 0 Å². The summed E-state index contributed by atoms with van der Waals surface area (Å²) < 4.78 is 5.18. The second-order valence-corrected chi connectivity index (χ2v) is 5.66. The van der Waals surface area contributed by atoms with Crippen molar-refractivity contribution in [1.82, 2.24) is 10.3 Å². The molecule has 1 aliphatic rings. The molecule has 2 rings (SSSR count). The lowest BCUT2D eigenvalue weighted by Gasteiger charge is -2.34. The minimum atomic E-state index is -0.140. The fourth-order valence-corrected chi connectivity index (χ4v) is 2.74. The first kappa shape index (κ1) is 14.1. The molecule has 1 aromatic rings. The predicted octanol–water partition coefficient (Wildman–Crippen LogP) is 1.45. The Kier molecular flexibility index (Phi) is 4.60. The van der Waals surface area contributed by atoms with Crippen LogP contribution >= 0.6 is 11.3 Å². The highest BCUT2D eigenvalue weighted by Gasteiger charge is 2.31. The molecule has 19 heavy (non-hydrogen) atoms. The van der Waals surface area contributed by atoms with Crippen LogP contribution in [0, 0.1) is 0 Å². The van der Waals surface area contributed by atoms with E-state index in [-0.39, 0.29) is 18.1 Å². The number of amides is 1. The monoisotopic (exact) mass is 284 g/mol. The topological polar surface area (TPSA) is 89.3 Å². The SMILES string of the molecule is CCCNc1nc(N)c(C(=O)NC2CC(OC)C2)s1. The van der Waals surface area contributed by atoms with Crippen LogP contribution in [0.5, 0.6) is 0 Å². The highest BCUT2D eigenvalue weighted by Crippen LogP contribution is 2.27. The van der Waals surface area contributed by atoms with E-state index in [4.69, 9.17) is 10.5 Å². The highest BCUT2D eigenvalue weighted by molar-refractivity contribution is 7.18. The van der Waals surface area contributed by atoms with Gasteiger partial charge in [0.15, 0.2) is 5.13 Å². The summed E-state index contributed by atoms with van der Waals surface area (Å²) in [5.74, 6) is 0.155. The molecule has 1 aromatic heterocycles. The van der Waals surface area contributed by atoms with E-state index in [1.54, 1.807) is 7.11 Å². The van der Waals surface area contributed by atoms with Crippen LogP contribution in [0.1, 0.15) is 35.9 Å². The molecule has 1 amide bonds. The van der Waals surface area contributed by atoms with Crippen LogP contribution in [-0.2, 0) is 4.74 Å². The molecule has 1 fully saturated rings. The van der Waals surface area contributed by atoms with Crippen molar-refractivity contribution < 1.29 is 9.53 Å². The summed E-state index contributed by atoms with van der Waals surface area (Å²) in [5, 5.41) is 6.79. The van der Waals surface area contributed by atoms with Gasteiger partial charge in [0.1, 0.15) is 10.7 Å². The molecule has 0 spiro atoms. The van der Waals surface area contributed by atoms with E-state index in [9.17, 15) is 4.79 Å². The second kappa shape index (κ2) is 6.21. The number of aromatic nitrogens is 1. The Bertz CT molecular complexity index is 443. The van der Waals surface area contributed by atoms with Gasteiger partial charge in [0, 0.05) is 19.7 Å². The summed E-state index contributed by atoms with van der Waals surface area (Å²) in [4.78, 5) is 16.7. The van der Waals surface area contributed by atoms with Crippen molar-refractivity contribution in [1.29, 1.82) is 0 Å². The van der Waals surface area contributed by atoms with Gasteiger partial charge in [0.2, 0.25) is 0 Å². The lowest BCUT2D eigenvalue weighted by molar-refractivity contribution is 0.0177. The first-order valence-electron chi connectivity index (χ1n) is 6.47. The number of methoxy groups -OCH3 is 1. The largest absolute Gasteiger partial charge is 0.382 e. The Morgan fingerprint density at radius 1 is 1.58 bits per heavy atom. The Morgan fingerprint density at radius 2 is 2.32 bits per heavy atom. The summed E-state index contributed by atoms with van der Waals surface area (Å²) in [6.07, 6.45) is 3.00. The molecule has 0 aliphatic heterocycles. The van der Waals surface area contributed by atoms with Crippen molar-refractivity contribution in [3.8, 4) is 0 Å². The molecule has 1 saturated carbocycles. The maximum atomic E-state index is 12.1. The van der Waals surface area contributed by atoms with Crippen LogP contribution in [0.4, 0.5) is 10.9 Å². The lowest BCUT2D eigenvalue weighted by Crippen LogP contribution is -2.47. The average Bonchev–Trinajstić information content (AvgIpc) is 2.71. The summed E-state index contributed by atoms with van der Waals surface area (Å²) in [6.45, 7) is 2.90. The van der Waals surface area contributed by atoms with Crippen molar-refractivity contribution in [2.75, 3.05) is 24.7 Å². The van der Waals surface area contributed by atoms with Gasteiger partial charge in [-0.05, 0) is 19.3 Å². The zero-order chi connectivity index (χ0) is 13.8. The molecule has 106 valence electrons. The number of anilines is 2. The molecule has 7 heteroatoms. The number of hydrogen-bond acceptors (Lipinski definition) is 6. The molecule has 0 radical (unpaired) electrons. The highest BCUT2D eigenvalue weighted by atomic mass is 32.1. The smallest absolute Gasteiger partial charge is 0.265 e. The number of rotatable bonds is 6. The Morgan fingerprint density at radius 3 is 2.95 bits per heavy atom. The van der Waals surface area contributed by atoms with E-state index in [0.29, 0.717) is 15.8 Å². The molecule has 1 heterocycles. The first-order chi connectivity index (χ1) is 9.13. The normalized spacial score (nSPS) is 21.8. The van der Waals surface area contributed by atoms with E-state index in [1.807, 2.05) is 0 Å². The van der Waals surface area contributed by atoms with E-state index >= 15 is 0 Å². The number of hydrogen-bond donors (Lipinski definition) is 3. The minimum absolute atomic E-state index is 0.140. The lowest BCUT2D eigenvalue weighted by atomic mass is 9.89.